The normalized spacial score (nSPS) is 10.3. The van der Waals surface area contributed by atoms with Gasteiger partial charge < -0.3 is 11.1 Å². The third kappa shape index (κ3) is 3.07. The third-order valence-corrected chi connectivity index (χ3v) is 3.27. The molecule has 1 amide bonds. The average molecular weight is 264 g/mol. The molecule has 1 aromatic heterocycles. The van der Waals surface area contributed by atoms with Crippen LogP contribution >= 0.6 is 11.3 Å². The monoisotopic (exact) mass is 264 g/mol. The SMILES string of the molecule is Nc1cc(F)ccc1C(=O)NCCc1ccsc1. The Kier molecular flexibility index (Phi) is 3.94. The third-order valence-electron chi connectivity index (χ3n) is 2.54. The van der Waals surface area contributed by atoms with Crippen molar-refractivity contribution in [3.63, 3.8) is 0 Å². The van der Waals surface area contributed by atoms with Crippen molar-refractivity contribution in [3.8, 4) is 0 Å². The summed E-state index contributed by atoms with van der Waals surface area (Å²) in [6.45, 7) is 0.534. The molecule has 0 atom stereocenters. The number of anilines is 1. The summed E-state index contributed by atoms with van der Waals surface area (Å²) in [5.41, 5.74) is 7.24. The van der Waals surface area contributed by atoms with E-state index in [9.17, 15) is 9.18 Å². The number of halogens is 1. The first-order valence-electron chi connectivity index (χ1n) is 5.51. The van der Waals surface area contributed by atoms with Gasteiger partial charge in [0.2, 0.25) is 0 Å². The van der Waals surface area contributed by atoms with Gasteiger partial charge in [-0.1, -0.05) is 0 Å². The van der Waals surface area contributed by atoms with E-state index in [1.54, 1.807) is 11.3 Å². The number of hydrogen-bond acceptors (Lipinski definition) is 3. The molecule has 0 saturated carbocycles. The molecule has 0 spiro atoms. The number of nitrogen functional groups attached to an aromatic ring is 1. The number of hydrogen-bond donors (Lipinski definition) is 2. The van der Waals surface area contributed by atoms with E-state index >= 15 is 0 Å². The van der Waals surface area contributed by atoms with E-state index in [2.05, 4.69) is 5.32 Å². The number of carbonyl (C=O) groups is 1. The first-order valence-corrected chi connectivity index (χ1v) is 6.45. The van der Waals surface area contributed by atoms with Crippen LogP contribution in [0.25, 0.3) is 0 Å². The van der Waals surface area contributed by atoms with Crippen molar-refractivity contribution in [2.75, 3.05) is 12.3 Å². The number of rotatable bonds is 4. The lowest BCUT2D eigenvalue weighted by molar-refractivity contribution is 0.0955. The van der Waals surface area contributed by atoms with Crippen molar-refractivity contribution >= 4 is 22.9 Å². The molecule has 3 nitrogen and oxygen atoms in total. The Bertz CT molecular complexity index is 540. The van der Waals surface area contributed by atoms with Crippen molar-refractivity contribution in [3.05, 3.63) is 52.0 Å². The summed E-state index contributed by atoms with van der Waals surface area (Å²) < 4.78 is 12.8. The Hall–Kier alpha value is -1.88. The molecule has 18 heavy (non-hydrogen) atoms. The summed E-state index contributed by atoms with van der Waals surface area (Å²) >= 11 is 1.62. The average Bonchev–Trinajstić information content (AvgIpc) is 2.81. The van der Waals surface area contributed by atoms with Crippen LogP contribution in [0.2, 0.25) is 0 Å². The van der Waals surface area contributed by atoms with E-state index in [-0.39, 0.29) is 11.6 Å². The second kappa shape index (κ2) is 5.64. The van der Waals surface area contributed by atoms with Crippen LogP contribution in [0.1, 0.15) is 15.9 Å². The van der Waals surface area contributed by atoms with Gasteiger partial charge in [0.15, 0.2) is 0 Å². The molecule has 5 heteroatoms. The van der Waals surface area contributed by atoms with Crippen LogP contribution in [0.3, 0.4) is 0 Å². The number of amides is 1. The zero-order valence-electron chi connectivity index (χ0n) is 9.65. The summed E-state index contributed by atoms with van der Waals surface area (Å²) in [7, 11) is 0. The maximum atomic E-state index is 12.8. The van der Waals surface area contributed by atoms with Crippen LogP contribution in [0.5, 0.6) is 0 Å². The fourth-order valence-electron chi connectivity index (χ4n) is 1.59. The number of nitrogens with two attached hydrogens (primary N) is 1. The Morgan fingerprint density at radius 3 is 2.89 bits per heavy atom. The smallest absolute Gasteiger partial charge is 0.253 e. The van der Waals surface area contributed by atoms with Crippen molar-refractivity contribution in [1.82, 2.24) is 5.32 Å². The van der Waals surface area contributed by atoms with Crippen molar-refractivity contribution in [1.29, 1.82) is 0 Å². The molecule has 2 aromatic rings. The molecule has 0 aliphatic carbocycles. The molecular weight excluding hydrogens is 251 g/mol. The highest BCUT2D eigenvalue weighted by Gasteiger charge is 2.09. The van der Waals surface area contributed by atoms with E-state index in [1.807, 2.05) is 16.8 Å². The summed E-state index contributed by atoms with van der Waals surface area (Å²) in [4.78, 5) is 11.8. The lowest BCUT2D eigenvalue weighted by Crippen LogP contribution is -2.26. The van der Waals surface area contributed by atoms with Gasteiger partial charge in [-0.25, -0.2) is 4.39 Å². The van der Waals surface area contributed by atoms with E-state index in [0.717, 1.165) is 12.5 Å². The van der Waals surface area contributed by atoms with E-state index in [1.165, 1.54) is 17.7 Å². The molecule has 0 aliphatic heterocycles. The highest BCUT2D eigenvalue weighted by atomic mass is 32.1. The van der Waals surface area contributed by atoms with Crippen LogP contribution in [0.4, 0.5) is 10.1 Å². The standard InChI is InChI=1S/C13H13FN2OS/c14-10-1-2-11(12(15)7-10)13(17)16-5-3-9-4-6-18-8-9/h1-2,4,6-8H,3,5,15H2,(H,16,17). The van der Waals surface area contributed by atoms with Gasteiger partial charge in [0.05, 0.1) is 5.56 Å². The minimum atomic E-state index is -0.442. The van der Waals surface area contributed by atoms with Crippen LogP contribution in [-0.2, 0) is 6.42 Å². The number of nitrogens with one attached hydrogen (secondary N) is 1. The molecule has 0 saturated heterocycles. The lowest BCUT2D eigenvalue weighted by atomic mass is 10.1. The molecule has 0 bridgehead atoms. The Labute approximate surface area is 108 Å². The van der Waals surface area contributed by atoms with Crippen molar-refractivity contribution in [2.24, 2.45) is 0 Å². The first-order chi connectivity index (χ1) is 8.66. The predicted octanol–water partition coefficient (Wildman–Crippen LogP) is 2.44. The summed E-state index contributed by atoms with van der Waals surface area (Å²) in [5, 5.41) is 6.80. The van der Waals surface area contributed by atoms with Gasteiger partial charge in [0.1, 0.15) is 5.82 Å². The number of thiophene rings is 1. The summed E-state index contributed by atoms with van der Waals surface area (Å²) in [6.07, 6.45) is 0.774. The molecule has 94 valence electrons. The highest BCUT2D eigenvalue weighted by molar-refractivity contribution is 7.07. The van der Waals surface area contributed by atoms with E-state index < -0.39 is 5.82 Å². The van der Waals surface area contributed by atoms with E-state index in [4.69, 9.17) is 5.73 Å². The van der Waals surface area contributed by atoms with Gasteiger partial charge >= 0.3 is 0 Å². The molecular formula is C13H13FN2OS. The Balaban J connectivity index is 1.91. The zero-order chi connectivity index (χ0) is 13.0. The first kappa shape index (κ1) is 12.6. The molecule has 1 aromatic carbocycles. The minimum Gasteiger partial charge on any atom is -0.398 e. The summed E-state index contributed by atoms with van der Waals surface area (Å²) in [6, 6.07) is 5.78. The van der Waals surface area contributed by atoms with Gasteiger partial charge in [0.25, 0.3) is 5.91 Å². The molecule has 0 unspecified atom stereocenters. The summed E-state index contributed by atoms with van der Waals surface area (Å²) in [5.74, 6) is -0.718. The lowest BCUT2D eigenvalue weighted by Gasteiger charge is -2.07. The largest absolute Gasteiger partial charge is 0.398 e. The molecule has 0 aliphatic rings. The fourth-order valence-corrected chi connectivity index (χ4v) is 2.29. The second-order valence-electron chi connectivity index (χ2n) is 3.87. The maximum Gasteiger partial charge on any atom is 0.253 e. The predicted molar refractivity (Wildman–Crippen MR) is 71.2 cm³/mol. The molecule has 1 heterocycles. The topological polar surface area (TPSA) is 55.1 Å². The Morgan fingerprint density at radius 2 is 2.22 bits per heavy atom. The Morgan fingerprint density at radius 1 is 1.39 bits per heavy atom. The van der Waals surface area contributed by atoms with Crippen LogP contribution in [-0.4, -0.2) is 12.5 Å². The molecule has 2 rings (SSSR count). The molecule has 3 N–H and O–H groups in total. The van der Waals surface area contributed by atoms with Crippen LogP contribution < -0.4 is 11.1 Å². The quantitative estimate of drug-likeness (QED) is 0.833. The highest BCUT2D eigenvalue weighted by Crippen LogP contribution is 2.13. The maximum absolute atomic E-state index is 12.8. The molecule has 0 radical (unpaired) electrons. The van der Waals surface area contributed by atoms with Gasteiger partial charge in [-0.15, -0.1) is 0 Å². The molecule has 0 fully saturated rings. The fraction of sp³-hybridized carbons (Fsp3) is 0.154. The van der Waals surface area contributed by atoms with Gasteiger partial charge in [-0.05, 0) is 47.0 Å². The van der Waals surface area contributed by atoms with E-state index in [0.29, 0.717) is 12.1 Å². The zero-order valence-corrected chi connectivity index (χ0v) is 10.5. The van der Waals surface area contributed by atoms with Crippen molar-refractivity contribution in [2.45, 2.75) is 6.42 Å². The number of benzene rings is 1. The number of carbonyl (C=O) groups excluding carboxylic acids is 1. The van der Waals surface area contributed by atoms with Crippen molar-refractivity contribution < 1.29 is 9.18 Å². The van der Waals surface area contributed by atoms with Gasteiger partial charge in [-0.3, -0.25) is 4.79 Å². The van der Waals surface area contributed by atoms with Crippen LogP contribution in [0.15, 0.2) is 35.0 Å². The van der Waals surface area contributed by atoms with Crippen LogP contribution in [0, 0.1) is 5.82 Å². The van der Waals surface area contributed by atoms with Gasteiger partial charge in [-0.2, -0.15) is 11.3 Å². The van der Waals surface area contributed by atoms with Gasteiger partial charge in [0, 0.05) is 12.2 Å². The second-order valence-corrected chi connectivity index (χ2v) is 4.65. The minimum absolute atomic E-state index is 0.156.